The van der Waals surface area contributed by atoms with E-state index in [0.717, 1.165) is 24.3 Å². The van der Waals surface area contributed by atoms with Crippen molar-refractivity contribution in [2.45, 2.75) is 31.4 Å². The Morgan fingerprint density at radius 2 is 2.12 bits per heavy atom. The highest BCUT2D eigenvalue weighted by molar-refractivity contribution is 7.99. The van der Waals surface area contributed by atoms with Crippen molar-refractivity contribution in [2.24, 2.45) is 11.7 Å². The van der Waals surface area contributed by atoms with Crippen molar-refractivity contribution in [3.05, 3.63) is 0 Å². The average Bonchev–Trinajstić information content (AvgIpc) is 2.28. The zero-order valence-corrected chi connectivity index (χ0v) is 12.5. The Kier molecular flexibility index (Phi) is 6.19. The largest absolute Gasteiger partial charge is 0.392 e. The number of thioether (sulfide) groups is 1. The molecule has 7 heteroatoms. The molecule has 1 saturated heterocycles. The van der Waals surface area contributed by atoms with Gasteiger partial charge in [0.15, 0.2) is 0 Å². The molecule has 1 atom stereocenters. The highest BCUT2D eigenvalue weighted by atomic mass is 32.2. The van der Waals surface area contributed by atoms with E-state index in [9.17, 15) is 8.42 Å². The average molecular weight is 296 g/mol. The molecule has 100 valence electrons. The maximum Gasteiger partial charge on any atom is 0.221 e. The second-order valence-corrected chi connectivity index (χ2v) is 7.89. The summed E-state index contributed by atoms with van der Waals surface area (Å²) >= 11 is 6.72. The second-order valence-electron chi connectivity index (χ2n) is 4.25. The van der Waals surface area contributed by atoms with Crippen molar-refractivity contribution >= 4 is 39.0 Å². The van der Waals surface area contributed by atoms with E-state index in [1.54, 1.807) is 6.92 Å². The maximum absolute atomic E-state index is 12.0. The lowest BCUT2D eigenvalue weighted by Gasteiger charge is -2.23. The molecule has 4 nitrogen and oxygen atoms in total. The van der Waals surface area contributed by atoms with E-state index in [0.29, 0.717) is 18.9 Å². The predicted molar refractivity (Wildman–Crippen MR) is 77.8 cm³/mol. The van der Waals surface area contributed by atoms with Crippen molar-refractivity contribution < 1.29 is 8.42 Å². The molecule has 17 heavy (non-hydrogen) atoms. The second kappa shape index (κ2) is 6.92. The van der Waals surface area contributed by atoms with Gasteiger partial charge in [-0.1, -0.05) is 19.1 Å². The summed E-state index contributed by atoms with van der Waals surface area (Å²) in [5, 5.41) is -0.740. The molecule has 1 aliphatic heterocycles. The minimum Gasteiger partial charge on any atom is -0.392 e. The molecule has 0 radical (unpaired) electrons. The standard InChI is InChI=1S/C10H20N2O2S3/c1-2-9(10(11)15)17(13,14)12-7-8-3-5-16-6-4-8/h8-9,12H,2-7H2,1H3,(H2,11,15). The third kappa shape index (κ3) is 4.73. The molecule has 3 N–H and O–H groups in total. The lowest BCUT2D eigenvalue weighted by Crippen LogP contribution is -2.43. The molecule has 1 fully saturated rings. The van der Waals surface area contributed by atoms with Crippen LogP contribution in [0.25, 0.3) is 0 Å². The fraction of sp³-hybridized carbons (Fsp3) is 0.900. The van der Waals surface area contributed by atoms with Gasteiger partial charge in [0.25, 0.3) is 0 Å². The first-order valence-electron chi connectivity index (χ1n) is 5.83. The Hall–Kier alpha value is 0.150. The molecule has 0 aliphatic carbocycles. The van der Waals surface area contributed by atoms with Crippen LogP contribution in [0.1, 0.15) is 26.2 Å². The van der Waals surface area contributed by atoms with Gasteiger partial charge in [0.1, 0.15) is 5.25 Å². The minimum atomic E-state index is -3.39. The van der Waals surface area contributed by atoms with Gasteiger partial charge in [0.05, 0.1) is 4.99 Å². The SMILES string of the molecule is CCC(C(N)=S)S(=O)(=O)NCC1CCSCC1. The molecule has 0 bridgehead atoms. The molecule has 0 saturated carbocycles. The molecular weight excluding hydrogens is 276 g/mol. The zero-order chi connectivity index (χ0) is 12.9. The van der Waals surface area contributed by atoms with Crippen LogP contribution in [0.2, 0.25) is 0 Å². The number of hydrogen-bond donors (Lipinski definition) is 2. The van der Waals surface area contributed by atoms with E-state index in [2.05, 4.69) is 4.72 Å². The molecular formula is C10H20N2O2S3. The molecule has 1 aliphatic rings. The summed E-state index contributed by atoms with van der Waals surface area (Å²) in [4.78, 5) is 0.0548. The van der Waals surface area contributed by atoms with Crippen LogP contribution < -0.4 is 10.5 Å². The lowest BCUT2D eigenvalue weighted by atomic mass is 10.0. The van der Waals surface area contributed by atoms with E-state index in [-0.39, 0.29) is 4.99 Å². The number of thiocarbonyl (C=S) groups is 1. The monoisotopic (exact) mass is 296 g/mol. The van der Waals surface area contributed by atoms with Gasteiger partial charge in [0, 0.05) is 6.54 Å². The van der Waals surface area contributed by atoms with Crippen molar-refractivity contribution in [3.63, 3.8) is 0 Å². The van der Waals surface area contributed by atoms with Crippen LogP contribution in [0.15, 0.2) is 0 Å². The summed E-state index contributed by atoms with van der Waals surface area (Å²) in [6.07, 6.45) is 2.58. The molecule has 1 unspecified atom stereocenters. The molecule has 1 rings (SSSR count). The van der Waals surface area contributed by atoms with Gasteiger partial charge in [-0.2, -0.15) is 11.8 Å². The summed E-state index contributed by atoms with van der Waals surface area (Å²) in [6.45, 7) is 2.29. The smallest absolute Gasteiger partial charge is 0.221 e. The van der Waals surface area contributed by atoms with Crippen LogP contribution in [0.4, 0.5) is 0 Å². The summed E-state index contributed by atoms with van der Waals surface area (Å²) in [5.74, 6) is 2.70. The minimum absolute atomic E-state index is 0.0548. The summed E-state index contributed by atoms with van der Waals surface area (Å²) in [5.41, 5.74) is 5.45. The van der Waals surface area contributed by atoms with Crippen LogP contribution in [0.5, 0.6) is 0 Å². The third-order valence-corrected chi connectivity index (χ3v) is 6.36. The van der Waals surface area contributed by atoms with Crippen LogP contribution in [0.3, 0.4) is 0 Å². The Labute approximate surface area is 113 Å². The van der Waals surface area contributed by atoms with Crippen LogP contribution in [0, 0.1) is 5.92 Å². The topological polar surface area (TPSA) is 72.2 Å². The first-order valence-corrected chi connectivity index (χ1v) is 8.93. The Morgan fingerprint density at radius 3 is 2.59 bits per heavy atom. The molecule has 0 amide bonds. The number of nitrogens with two attached hydrogens (primary N) is 1. The highest BCUT2D eigenvalue weighted by Gasteiger charge is 2.27. The van der Waals surface area contributed by atoms with Crippen molar-refractivity contribution in [1.29, 1.82) is 0 Å². The van der Waals surface area contributed by atoms with Crippen molar-refractivity contribution in [2.75, 3.05) is 18.1 Å². The quantitative estimate of drug-likeness (QED) is 0.719. The Balaban J connectivity index is 2.50. The summed E-state index contributed by atoms with van der Waals surface area (Å²) < 4.78 is 26.6. The lowest BCUT2D eigenvalue weighted by molar-refractivity contribution is 0.475. The van der Waals surface area contributed by atoms with Gasteiger partial charge < -0.3 is 5.73 Å². The van der Waals surface area contributed by atoms with E-state index >= 15 is 0 Å². The first kappa shape index (κ1) is 15.2. The number of sulfonamides is 1. The number of rotatable bonds is 6. The maximum atomic E-state index is 12.0. The fourth-order valence-corrected chi connectivity index (χ4v) is 5.02. The fourth-order valence-electron chi connectivity index (χ4n) is 1.86. The van der Waals surface area contributed by atoms with E-state index in [4.69, 9.17) is 18.0 Å². The van der Waals surface area contributed by atoms with Gasteiger partial charge in [0.2, 0.25) is 10.0 Å². The number of hydrogen-bond acceptors (Lipinski definition) is 4. The van der Waals surface area contributed by atoms with Crippen molar-refractivity contribution in [3.8, 4) is 0 Å². The summed E-state index contributed by atoms with van der Waals surface area (Å²) in [6, 6.07) is 0. The van der Waals surface area contributed by atoms with E-state index in [1.165, 1.54) is 0 Å². The van der Waals surface area contributed by atoms with Gasteiger partial charge >= 0.3 is 0 Å². The van der Waals surface area contributed by atoms with E-state index in [1.807, 2.05) is 11.8 Å². The molecule has 0 aromatic carbocycles. The van der Waals surface area contributed by atoms with Crippen LogP contribution >= 0.6 is 24.0 Å². The van der Waals surface area contributed by atoms with Gasteiger partial charge in [-0.3, -0.25) is 0 Å². The predicted octanol–water partition coefficient (Wildman–Crippen LogP) is 1.11. The molecule has 0 aromatic heterocycles. The Bertz CT molecular complexity index is 351. The Morgan fingerprint density at radius 1 is 1.53 bits per heavy atom. The number of nitrogens with one attached hydrogen (secondary N) is 1. The summed E-state index contributed by atoms with van der Waals surface area (Å²) in [7, 11) is -3.39. The zero-order valence-electron chi connectivity index (χ0n) is 10.0. The third-order valence-electron chi connectivity index (χ3n) is 2.98. The van der Waals surface area contributed by atoms with Crippen LogP contribution in [-0.4, -0.2) is 36.7 Å². The van der Waals surface area contributed by atoms with Crippen LogP contribution in [-0.2, 0) is 10.0 Å². The first-order chi connectivity index (χ1) is 7.97. The van der Waals surface area contributed by atoms with E-state index < -0.39 is 15.3 Å². The van der Waals surface area contributed by atoms with Crippen molar-refractivity contribution in [1.82, 2.24) is 4.72 Å². The van der Waals surface area contributed by atoms with Gasteiger partial charge in [-0.25, -0.2) is 13.1 Å². The highest BCUT2D eigenvalue weighted by Crippen LogP contribution is 2.22. The van der Waals surface area contributed by atoms with Gasteiger partial charge in [-0.15, -0.1) is 0 Å². The molecule has 1 heterocycles. The normalized spacial score (nSPS) is 20.1. The molecule has 0 aromatic rings. The molecule has 0 spiro atoms. The van der Waals surface area contributed by atoms with Gasteiger partial charge in [-0.05, 0) is 36.7 Å².